The first-order valence-electron chi connectivity index (χ1n) is 12.2. The number of nitrogen functional groups attached to an aromatic ring is 1. The normalized spacial score (nSPS) is 17.9. The lowest BCUT2D eigenvalue weighted by Crippen LogP contribution is -2.34. The average molecular weight is 470 g/mol. The molecule has 35 heavy (non-hydrogen) atoms. The Morgan fingerprint density at radius 2 is 1.91 bits per heavy atom. The van der Waals surface area contributed by atoms with E-state index in [0.717, 1.165) is 72.9 Å². The van der Waals surface area contributed by atoms with E-state index < -0.39 is 0 Å². The van der Waals surface area contributed by atoms with Gasteiger partial charge in [-0.15, -0.1) is 0 Å². The Morgan fingerprint density at radius 1 is 1.17 bits per heavy atom. The Labute approximate surface area is 205 Å². The topological polar surface area (TPSA) is 93.2 Å². The molecule has 3 heterocycles. The van der Waals surface area contributed by atoms with Crippen LogP contribution in [0.2, 0.25) is 0 Å². The molecule has 1 saturated heterocycles. The van der Waals surface area contributed by atoms with Crippen molar-refractivity contribution >= 4 is 39.8 Å². The van der Waals surface area contributed by atoms with Crippen LogP contribution in [-0.2, 0) is 16.6 Å². The summed E-state index contributed by atoms with van der Waals surface area (Å²) in [4.78, 5) is 31.0. The number of rotatable bonds is 5. The third-order valence-corrected chi connectivity index (χ3v) is 7.25. The molecular formula is C28H31N5O2. The number of aromatic nitrogens is 2. The zero-order valence-electron chi connectivity index (χ0n) is 20.1. The highest BCUT2D eigenvalue weighted by atomic mass is 16.2. The summed E-state index contributed by atoms with van der Waals surface area (Å²) in [6.45, 7) is 5.29. The number of likely N-dealkylation sites (tertiary alicyclic amines) is 1. The maximum Gasteiger partial charge on any atom is 0.247 e. The number of nitrogens with two attached hydrogens (primary N) is 1. The van der Waals surface area contributed by atoms with Crippen molar-refractivity contribution in [2.24, 2.45) is 13.0 Å². The van der Waals surface area contributed by atoms with Gasteiger partial charge in [-0.3, -0.25) is 9.59 Å². The third-order valence-electron chi connectivity index (χ3n) is 7.25. The first-order valence-corrected chi connectivity index (χ1v) is 12.2. The first-order chi connectivity index (χ1) is 17.0. The number of hydrogen-bond acceptors (Lipinski definition) is 4. The third kappa shape index (κ3) is 4.22. The summed E-state index contributed by atoms with van der Waals surface area (Å²) in [5.41, 5.74) is 12.5. The number of benzene rings is 1. The van der Waals surface area contributed by atoms with Gasteiger partial charge in [0.1, 0.15) is 5.82 Å². The molecule has 3 N–H and O–H groups in total. The Morgan fingerprint density at radius 3 is 2.57 bits per heavy atom. The van der Waals surface area contributed by atoms with Gasteiger partial charge in [0.2, 0.25) is 11.8 Å². The quantitative estimate of drug-likeness (QED) is 0.527. The molecule has 180 valence electrons. The summed E-state index contributed by atoms with van der Waals surface area (Å²) in [6.07, 6.45) is 9.84. The molecule has 7 nitrogen and oxygen atoms in total. The fourth-order valence-corrected chi connectivity index (χ4v) is 5.45. The van der Waals surface area contributed by atoms with E-state index in [1.165, 1.54) is 11.6 Å². The van der Waals surface area contributed by atoms with Gasteiger partial charge in [-0.25, -0.2) is 4.98 Å². The number of amides is 2. The van der Waals surface area contributed by atoms with Crippen LogP contribution in [0.1, 0.15) is 37.7 Å². The summed E-state index contributed by atoms with van der Waals surface area (Å²) in [5.74, 6) is 0.616. The number of aryl methyl sites for hydroxylation is 1. The van der Waals surface area contributed by atoms with Gasteiger partial charge < -0.3 is 20.5 Å². The van der Waals surface area contributed by atoms with Gasteiger partial charge >= 0.3 is 0 Å². The van der Waals surface area contributed by atoms with E-state index in [2.05, 4.69) is 27.5 Å². The Kier molecular flexibility index (Phi) is 6.16. The minimum absolute atomic E-state index is 0.0542. The van der Waals surface area contributed by atoms with Gasteiger partial charge in [0, 0.05) is 48.9 Å². The van der Waals surface area contributed by atoms with Crippen molar-refractivity contribution in [3.8, 4) is 11.3 Å². The summed E-state index contributed by atoms with van der Waals surface area (Å²) in [6, 6.07) is 9.77. The van der Waals surface area contributed by atoms with E-state index >= 15 is 0 Å². The molecule has 1 fully saturated rings. The molecule has 0 radical (unpaired) electrons. The molecule has 1 aliphatic carbocycles. The molecule has 3 aromatic rings. The predicted molar refractivity (Wildman–Crippen MR) is 141 cm³/mol. The van der Waals surface area contributed by atoms with Crippen LogP contribution in [0.4, 0.5) is 11.5 Å². The van der Waals surface area contributed by atoms with Crippen molar-refractivity contribution in [3.05, 3.63) is 60.8 Å². The molecule has 0 saturated carbocycles. The number of pyridine rings is 1. The van der Waals surface area contributed by atoms with Crippen molar-refractivity contribution in [2.75, 3.05) is 24.1 Å². The molecule has 1 aromatic carbocycles. The fraction of sp³-hybridized carbons (Fsp3) is 0.321. The van der Waals surface area contributed by atoms with Gasteiger partial charge in [0.15, 0.2) is 0 Å². The van der Waals surface area contributed by atoms with E-state index in [9.17, 15) is 9.59 Å². The van der Waals surface area contributed by atoms with E-state index in [1.807, 2.05) is 42.3 Å². The van der Waals surface area contributed by atoms with Crippen LogP contribution in [0.25, 0.3) is 27.7 Å². The van der Waals surface area contributed by atoms with Crippen molar-refractivity contribution in [1.82, 2.24) is 14.5 Å². The smallest absolute Gasteiger partial charge is 0.247 e. The van der Waals surface area contributed by atoms with Crippen LogP contribution in [0.3, 0.4) is 0 Å². The van der Waals surface area contributed by atoms with Gasteiger partial charge in [0.05, 0.1) is 11.2 Å². The van der Waals surface area contributed by atoms with Gasteiger partial charge in [0.25, 0.3) is 0 Å². The fourth-order valence-electron chi connectivity index (χ4n) is 5.45. The number of nitrogens with one attached hydrogen (secondary N) is 1. The molecule has 2 aromatic heterocycles. The lowest BCUT2D eigenvalue weighted by atomic mass is 9.84. The molecule has 1 aliphatic heterocycles. The second-order valence-corrected chi connectivity index (χ2v) is 9.38. The molecule has 2 amide bonds. The highest BCUT2D eigenvalue weighted by Crippen LogP contribution is 2.43. The lowest BCUT2D eigenvalue weighted by Gasteiger charge is -2.26. The summed E-state index contributed by atoms with van der Waals surface area (Å²) < 4.78 is 2.16. The van der Waals surface area contributed by atoms with Gasteiger partial charge in [-0.1, -0.05) is 24.8 Å². The average Bonchev–Trinajstić information content (AvgIpc) is 3.52. The molecule has 0 bridgehead atoms. The molecule has 0 unspecified atom stereocenters. The van der Waals surface area contributed by atoms with Crippen molar-refractivity contribution in [2.45, 2.75) is 32.1 Å². The second-order valence-electron chi connectivity index (χ2n) is 9.38. The van der Waals surface area contributed by atoms with Crippen molar-refractivity contribution < 1.29 is 9.59 Å². The van der Waals surface area contributed by atoms with Crippen LogP contribution in [0.5, 0.6) is 0 Å². The molecule has 1 atom stereocenters. The second kappa shape index (κ2) is 9.41. The number of carbonyl (C=O) groups excluding carboxylic acids is 2. The van der Waals surface area contributed by atoms with Gasteiger partial charge in [-0.2, -0.15) is 0 Å². The zero-order valence-corrected chi connectivity index (χ0v) is 20.1. The monoisotopic (exact) mass is 469 g/mol. The largest absolute Gasteiger partial charge is 0.383 e. The molecule has 5 rings (SSSR count). The summed E-state index contributed by atoms with van der Waals surface area (Å²) in [5, 5.41) is 3.74. The minimum Gasteiger partial charge on any atom is -0.383 e. The zero-order chi connectivity index (χ0) is 24.5. The van der Waals surface area contributed by atoms with E-state index in [-0.39, 0.29) is 11.8 Å². The van der Waals surface area contributed by atoms with E-state index in [1.54, 1.807) is 6.20 Å². The Hall–Kier alpha value is -3.87. The number of fused-ring (bicyclic) bond motifs is 1. The SMILES string of the molecule is C=CC(=O)Nc1ccc(-c2c(C3=CC[C@H](C(=O)N4CCCC4)CC3)c3c(N)nccc3n2C)cc1. The summed E-state index contributed by atoms with van der Waals surface area (Å²) >= 11 is 0. The van der Waals surface area contributed by atoms with E-state index in [4.69, 9.17) is 5.73 Å². The number of hydrogen-bond donors (Lipinski definition) is 2. The van der Waals surface area contributed by atoms with Crippen molar-refractivity contribution in [3.63, 3.8) is 0 Å². The van der Waals surface area contributed by atoms with Crippen LogP contribution in [-0.4, -0.2) is 39.4 Å². The van der Waals surface area contributed by atoms with Crippen LogP contribution < -0.4 is 11.1 Å². The van der Waals surface area contributed by atoms with Crippen LogP contribution in [0, 0.1) is 5.92 Å². The lowest BCUT2D eigenvalue weighted by molar-refractivity contribution is -0.134. The predicted octanol–water partition coefficient (Wildman–Crippen LogP) is 4.75. The maximum atomic E-state index is 13.0. The number of nitrogens with zero attached hydrogens (tertiary/aromatic N) is 3. The number of anilines is 2. The van der Waals surface area contributed by atoms with E-state index in [0.29, 0.717) is 17.4 Å². The number of carbonyl (C=O) groups is 2. The van der Waals surface area contributed by atoms with Gasteiger partial charge in [-0.05, 0) is 67.5 Å². The first kappa shape index (κ1) is 22.9. The summed E-state index contributed by atoms with van der Waals surface area (Å²) in [7, 11) is 2.04. The van der Waals surface area contributed by atoms with Crippen LogP contribution in [0.15, 0.2) is 55.3 Å². The molecule has 2 aliphatic rings. The van der Waals surface area contributed by atoms with Crippen LogP contribution >= 0.6 is 0 Å². The molecule has 7 heteroatoms. The highest BCUT2D eigenvalue weighted by molar-refractivity contribution is 6.06. The minimum atomic E-state index is -0.243. The Bertz CT molecular complexity index is 1330. The standard InChI is InChI=1S/C28H31N5O2/c1-3-23(34)31-21-12-10-19(11-13-21)26-24(25-22(32(26)2)14-15-30-27(25)29)18-6-8-20(9-7-18)28(35)33-16-4-5-17-33/h3,6,10-15,20H,1,4-5,7-9,16-17H2,2H3,(H2,29,30)(H,31,34)/t20-/m0/s1. The maximum absolute atomic E-state index is 13.0. The highest BCUT2D eigenvalue weighted by Gasteiger charge is 2.30. The molecular weight excluding hydrogens is 438 g/mol. The molecule has 0 spiro atoms. The number of allylic oxidation sites excluding steroid dienone is 2. The van der Waals surface area contributed by atoms with Crippen molar-refractivity contribution in [1.29, 1.82) is 0 Å². The Balaban J connectivity index is 1.54.